The standard InChI is InChI=1S/C13H23N/c1-11(2)12-4-5-13(10-12)6-8-14(3)9-7-13/h12H,1,4-10H2,2-3H3. The maximum Gasteiger partial charge on any atom is -0.00165 e. The molecule has 1 spiro atoms. The van der Waals surface area contributed by atoms with Crippen LogP contribution in [-0.2, 0) is 0 Å². The van der Waals surface area contributed by atoms with Crippen LogP contribution in [0.25, 0.3) is 0 Å². The fourth-order valence-corrected chi connectivity index (χ4v) is 3.17. The van der Waals surface area contributed by atoms with Gasteiger partial charge in [0.05, 0.1) is 0 Å². The molecule has 0 aromatic heterocycles. The Morgan fingerprint density at radius 3 is 2.43 bits per heavy atom. The first-order valence-electron chi connectivity index (χ1n) is 5.95. The van der Waals surface area contributed by atoms with E-state index in [1.165, 1.54) is 50.8 Å². The van der Waals surface area contributed by atoms with E-state index < -0.39 is 0 Å². The molecule has 1 unspecified atom stereocenters. The minimum absolute atomic E-state index is 0.704. The normalized spacial score (nSPS) is 32.3. The summed E-state index contributed by atoms with van der Waals surface area (Å²) in [6.45, 7) is 8.94. The molecule has 1 saturated carbocycles. The predicted molar refractivity (Wildman–Crippen MR) is 61.3 cm³/mol. The van der Waals surface area contributed by atoms with Crippen molar-refractivity contribution >= 4 is 0 Å². The maximum atomic E-state index is 4.12. The summed E-state index contributed by atoms with van der Waals surface area (Å²) in [5.74, 6) is 0.832. The zero-order chi connectivity index (χ0) is 10.2. The third-order valence-electron chi connectivity index (χ3n) is 4.45. The average Bonchev–Trinajstić information content (AvgIpc) is 2.56. The summed E-state index contributed by atoms with van der Waals surface area (Å²) in [7, 11) is 2.25. The van der Waals surface area contributed by atoms with Gasteiger partial charge in [0.15, 0.2) is 0 Å². The van der Waals surface area contributed by atoms with Gasteiger partial charge in [-0.05, 0) is 70.5 Å². The topological polar surface area (TPSA) is 3.24 Å². The van der Waals surface area contributed by atoms with Crippen LogP contribution >= 0.6 is 0 Å². The van der Waals surface area contributed by atoms with Gasteiger partial charge in [0, 0.05) is 0 Å². The van der Waals surface area contributed by atoms with Gasteiger partial charge in [-0.3, -0.25) is 0 Å². The molecule has 14 heavy (non-hydrogen) atoms. The number of likely N-dealkylation sites (tertiary alicyclic amines) is 1. The second kappa shape index (κ2) is 3.69. The van der Waals surface area contributed by atoms with E-state index in [4.69, 9.17) is 0 Å². The molecule has 1 heteroatoms. The van der Waals surface area contributed by atoms with Crippen molar-refractivity contribution in [3.8, 4) is 0 Å². The van der Waals surface area contributed by atoms with E-state index in [1.807, 2.05) is 0 Å². The van der Waals surface area contributed by atoms with Gasteiger partial charge in [-0.1, -0.05) is 12.2 Å². The van der Waals surface area contributed by atoms with Crippen molar-refractivity contribution in [1.82, 2.24) is 4.90 Å². The summed E-state index contributed by atoms with van der Waals surface area (Å²) in [4.78, 5) is 2.47. The van der Waals surface area contributed by atoms with Crippen LogP contribution in [0.5, 0.6) is 0 Å². The van der Waals surface area contributed by atoms with E-state index >= 15 is 0 Å². The second-order valence-corrected chi connectivity index (χ2v) is 5.59. The highest BCUT2D eigenvalue weighted by molar-refractivity contribution is 5.04. The fraction of sp³-hybridized carbons (Fsp3) is 0.846. The van der Waals surface area contributed by atoms with Crippen molar-refractivity contribution in [2.24, 2.45) is 11.3 Å². The molecule has 0 aromatic carbocycles. The predicted octanol–water partition coefficient (Wildman–Crippen LogP) is 3.07. The third kappa shape index (κ3) is 1.88. The first-order valence-corrected chi connectivity index (χ1v) is 5.95. The molecule has 2 aliphatic rings. The van der Waals surface area contributed by atoms with E-state index in [0.29, 0.717) is 5.41 Å². The van der Waals surface area contributed by atoms with Crippen LogP contribution in [0, 0.1) is 11.3 Å². The molecule has 0 N–H and O–H groups in total. The van der Waals surface area contributed by atoms with Crippen LogP contribution in [0.4, 0.5) is 0 Å². The number of rotatable bonds is 1. The molecule has 1 heterocycles. The average molecular weight is 193 g/mol. The zero-order valence-electron chi connectivity index (χ0n) is 9.68. The summed E-state index contributed by atoms with van der Waals surface area (Å²) >= 11 is 0. The Kier molecular flexibility index (Phi) is 2.70. The molecule has 1 aliphatic carbocycles. The van der Waals surface area contributed by atoms with Gasteiger partial charge in [-0.15, -0.1) is 0 Å². The molecule has 1 saturated heterocycles. The molecule has 2 fully saturated rings. The van der Waals surface area contributed by atoms with Gasteiger partial charge in [0.25, 0.3) is 0 Å². The van der Waals surface area contributed by atoms with Crippen LogP contribution in [0.1, 0.15) is 39.0 Å². The quantitative estimate of drug-likeness (QED) is 0.578. The molecule has 2 rings (SSSR count). The van der Waals surface area contributed by atoms with Crippen molar-refractivity contribution in [2.75, 3.05) is 20.1 Å². The highest BCUT2D eigenvalue weighted by Gasteiger charge is 2.40. The summed E-state index contributed by atoms with van der Waals surface area (Å²) < 4.78 is 0. The molecule has 1 aliphatic heterocycles. The Hall–Kier alpha value is -0.300. The Labute approximate surface area is 88.2 Å². The van der Waals surface area contributed by atoms with Crippen molar-refractivity contribution in [3.63, 3.8) is 0 Å². The number of hydrogen-bond donors (Lipinski definition) is 0. The van der Waals surface area contributed by atoms with E-state index in [-0.39, 0.29) is 0 Å². The van der Waals surface area contributed by atoms with Crippen molar-refractivity contribution < 1.29 is 0 Å². The molecule has 80 valence electrons. The van der Waals surface area contributed by atoms with E-state index in [0.717, 1.165) is 5.92 Å². The van der Waals surface area contributed by atoms with Gasteiger partial charge in [-0.2, -0.15) is 0 Å². The second-order valence-electron chi connectivity index (χ2n) is 5.59. The minimum atomic E-state index is 0.704. The lowest BCUT2D eigenvalue weighted by Crippen LogP contribution is -2.36. The SMILES string of the molecule is C=C(C)C1CCC2(CCN(C)CC2)C1. The molecular weight excluding hydrogens is 170 g/mol. The summed E-state index contributed by atoms with van der Waals surface area (Å²) in [5, 5.41) is 0. The molecule has 0 bridgehead atoms. The first-order chi connectivity index (χ1) is 6.61. The number of allylic oxidation sites excluding steroid dienone is 1. The van der Waals surface area contributed by atoms with Crippen molar-refractivity contribution in [1.29, 1.82) is 0 Å². The van der Waals surface area contributed by atoms with Crippen LogP contribution < -0.4 is 0 Å². The molecular formula is C13H23N. The van der Waals surface area contributed by atoms with Crippen LogP contribution in [0.15, 0.2) is 12.2 Å². The summed E-state index contributed by atoms with van der Waals surface area (Å²) in [6.07, 6.45) is 7.13. The van der Waals surface area contributed by atoms with Crippen LogP contribution in [0.3, 0.4) is 0 Å². The minimum Gasteiger partial charge on any atom is -0.306 e. The maximum absolute atomic E-state index is 4.12. The Balaban J connectivity index is 1.96. The van der Waals surface area contributed by atoms with Crippen LogP contribution in [-0.4, -0.2) is 25.0 Å². The van der Waals surface area contributed by atoms with Gasteiger partial charge < -0.3 is 4.90 Å². The lowest BCUT2D eigenvalue weighted by Gasteiger charge is -2.38. The Morgan fingerprint density at radius 2 is 1.93 bits per heavy atom. The number of piperidine rings is 1. The summed E-state index contributed by atoms with van der Waals surface area (Å²) in [5.41, 5.74) is 2.12. The van der Waals surface area contributed by atoms with E-state index in [2.05, 4.69) is 25.5 Å². The van der Waals surface area contributed by atoms with Gasteiger partial charge >= 0.3 is 0 Å². The largest absolute Gasteiger partial charge is 0.306 e. The lowest BCUT2D eigenvalue weighted by atomic mass is 9.76. The highest BCUT2D eigenvalue weighted by atomic mass is 15.1. The van der Waals surface area contributed by atoms with Crippen molar-refractivity contribution in [2.45, 2.75) is 39.0 Å². The molecule has 0 aromatic rings. The molecule has 0 amide bonds. The monoisotopic (exact) mass is 193 g/mol. The van der Waals surface area contributed by atoms with Gasteiger partial charge in [0.2, 0.25) is 0 Å². The first kappa shape index (κ1) is 10.2. The third-order valence-corrected chi connectivity index (χ3v) is 4.45. The summed E-state index contributed by atoms with van der Waals surface area (Å²) in [6, 6.07) is 0. The smallest absolute Gasteiger partial charge is 0.00165 e. The highest BCUT2D eigenvalue weighted by Crippen LogP contribution is 2.50. The van der Waals surface area contributed by atoms with Gasteiger partial charge in [0.1, 0.15) is 0 Å². The lowest BCUT2D eigenvalue weighted by molar-refractivity contribution is 0.125. The Bertz CT molecular complexity index is 223. The van der Waals surface area contributed by atoms with E-state index in [9.17, 15) is 0 Å². The zero-order valence-corrected chi connectivity index (χ0v) is 9.68. The van der Waals surface area contributed by atoms with E-state index in [1.54, 1.807) is 0 Å². The Morgan fingerprint density at radius 1 is 1.29 bits per heavy atom. The fourth-order valence-electron chi connectivity index (χ4n) is 3.17. The molecule has 1 atom stereocenters. The van der Waals surface area contributed by atoms with Crippen LogP contribution in [0.2, 0.25) is 0 Å². The number of nitrogens with zero attached hydrogens (tertiary/aromatic N) is 1. The molecule has 1 nitrogen and oxygen atoms in total. The molecule has 0 radical (unpaired) electrons. The van der Waals surface area contributed by atoms with Crippen molar-refractivity contribution in [3.05, 3.63) is 12.2 Å². The number of hydrogen-bond acceptors (Lipinski definition) is 1. The van der Waals surface area contributed by atoms with Gasteiger partial charge in [-0.25, -0.2) is 0 Å².